The van der Waals surface area contributed by atoms with E-state index in [1.807, 2.05) is 36.6 Å². The SMILES string of the molecule is CCC(=O)Oc1cccc(C2Oc3nc(SC)nnc3-c3ccccc3N2C(=O)CC)c1. The van der Waals surface area contributed by atoms with Gasteiger partial charge in [0, 0.05) is 24.0 Å². The summed E-state index contributed by atoms with van der Waals surface area (Å²) in [6, 6.07) is 14.4. The highest BCUT2D eigenvalue weighted by Crippen LogP contribution is 2.43. The number of carbonyl (C=O) groups is 2. The van der Waals surface area contributed by atoms with Gasteiger partial charge in [0.15, 0.2) is 5.69 Å². The molecule has 1 unspecified atom stereocenters. The molecule has 0 N–H and O–H groups in total. The lowest BCUT2D eigenvalue weighted by Gasteiger charge is -2.30. The van der Waals surface area contributed by atoms with Crippen LogP contribution >= 0.6 is 11.8 Å². The number of amides is 1. The van der Waals surface area contributed by atoms with Crippen molar-refractivity contribution in [1.82, 2.24) is 15.2 Å². The first-order valence-electron chi connectivity index (χ1n) is 10.2. The van der Waals surface area contributed by atoms with Crippen LogP contribution in [0.25, 0.3) is 11.3 Å². The molecule has 1 amide bonds. The lowest BCUT2D eigenvalue weighted by atomic mass is 10.1. The molecule has 1 aliphatic rings. The third kappa shape index (κ3) is 4.16. The third-order valence-corrected chi connectivity index (χ3v) is 5.47. The van der Waals surface area contributed by atoms with Crippen molar-refractivity contribution in [3.63, 3.8) is 0 Å². The molecule has 9 heteroatoms. The first-order chi connectivity index (χ1) is 15.5. The average molecular weight is 451 g/mol. The number of thioether (sulfide) groups is 1. The van der Waals surface area contributed by atoms with E-state index in [0.29, 0.717) is 33.4 Å². The number of nitrogens with zero attached hydrogens (tertiary/aromatic N) is 4. The molecule has 0 spiro atoms. The van der Waals surface area contributed by atoms with E-state index in [2.05, 4.69) is 15.2 Å². The van der Waals surface area contributed by atoms with E-state index >= 15 is 0 Å². The highest BCUT2D eigenvalue weighted by molar-refractivity contribution is 7.98. The number of para-hydroxylation sites is 1. The van der Waals surface area contributed by atoms with Gasteiger partial charge >= 0.3 is 5.97 Å². The van der Waals surface area contributed by atoms with E-state index in [1.54, 1.807) is 36.9 Å². The van der Waals surface area contributed by atoms with Gasteiger partial charge in [-0.1, -0.05) is 55.9 Å². The molecule has 8 nitrogen and oxygen atoms in total. The normalized spacial score (nSPS) is 14.6. The van der Waals surface area contributed by atoms with Crippen LogP contribution in [-0.2, 0) is 9.59 Å². The second-order valence-corrected chi connectivity index (χ2v) is 7.73. The Bertz CT molecular complexity index is 1170. The zero-order valence-electron chi connectivity index (χ0n) is 17.9. The average Bonchev–Trinajstić information content (AvgIpc) is 2.97. The van der Waals surface area contributed by atoms with Crippen LogP contribution in [-0.4, -0.2) is 33.3 Å². The van der Waals surface area contributed by atoms with Crippen molar-refractivity contribution in [1.29, 1.82) is 0 Å². The summed E-state index contributed by atoms with van der Waals surface area (Å²) in [5, 5.41) is 8.96. The number of rotatable bonds is 5. The fourth-order valence-corrected chi connectivity index (χ4v) is 3.69. The summed E-state index contributed by atoms with van der Waals surface area (Å²) in [6.45, 7) is 3.52. The number of hydrogen-bond acceptors (Lipinski definition) is 8. The minimum Gasteiger partial charge on any atom is -0.447 e. The van der Waals surface area contributed by atoms with Crippen LogP contribution in [0.4, 0.5) is 5.69 Å². The van der Waals surface area contributed by atoms with E-state index in [1.165, 1.54) is 11.8 Å². The number of aromatic nitrogens is 3. The Kier molecular flexibility index (Phi) is 6.36. The molecular weight excluding hydrogens is 428 g/mol. The van der Waals surface area contributed by atoms with Crippen LogP contribution in [0.15, 0.2) is 53.7 Å². The largest absolute Gasteiger partial charge is 0.447 e. The highest BCUT2D eigenvalue weighted by Gasteiger charge is 2.35. The standard InChI is InChI=1S/C23H22N4O4S/c1-4-18(28)27-17-12-7-6-11-16(17)20-21(24-23(32-3)26-25-20)31-22(27)14-9-8-10-15(13-14)30-19(29)5-2/h6-13,22H,4-5H2,1-3H3. The van der Waals surface area contributed by atoms with Gasteiger partial charge in [-0.2, -0.15) is 4.98 Å². The van der Waals surface area contributed by atoms with Crippen LogP contribution in [0.1, 0.15) is 38.5 Å². The molecule has 0 saturated carbocycles. The molecule has 1 aromatic heterocycles. The van der Waals surface area contributed by atoms with Gasteiger partial charge in [0.1, 0.15) is 5.75 Å². The van der Waals surface area contributed by atoms with Crippen LogP contribution in [0.2, 0.25) is 0 Å². The zero-order chi connectivity index (χ0) is 22.7. The number of carbonyl (C=O) groups excluding carboxylic acids is 2. The summed E-state index contributed by atoms with van der Waals surface area (Å²) in [4.78, 5) is 31.1. The molecule has 32 heavy (non-hydrogen) atoms. The molecule has 0 fully saturated rings. The molecule has 0 bridgehead atoms. The quantitative estimate of drug-likeness (QED) is 0.320. The van der Waals surface area contributed by atoms with E-state index in [4.69, 9.17) is 9.47 Å². The van der Waals surface area contributed by atoms with Crippen LogP contribution in [0.5, 0.6) is 11.6 Å². The molecule has 164 valence electrons. The van der Waals surface area contributed by atoms with E-state index in [9.17, 15) is 9.59 Å². The Hall–Kier alpha value is -3.46. The van der Waals surface area contributed by atoms with Gasteiger partial charge in [-0.25, -0.2) is 0 Å². The molecule has 1 aliphatic heterocycles. The number of hydrogen-bond donors (Lipinski definition) is 0. The Morgan fingerprint density at radius 1 is 1.09 bits per heavy atom. The smallest absolute Gasteiger partial charge is 0.310 e. The summed E-state index contributed by atoms with van der Waals surface area (Å²) < 4.78 is 11.7. The van der Waals surface area contributed by atoms with Gasteiger partial charge in [0.05, 0.1) is 5.69 Å². The highest BCUT2D eigenvalue weighted by atomic mass is 32.2. The summed E-state index contributed by atoms with van der Waals surface area (Å²) in [5.74, 6) is 0.182. The minimum absolute atomic E-state index is 0.135. The summed E-state index contributed by atoms with van der Waals surface area (Å²) >= 11 is 1.35. The van der Waals surface area contributed by atoms with Crippen LogP contribution in [0, 0.1) is 0 Å². The Labute approximate surface area is 190 Å². The monoisotopic (exact) mass is 450 g/mol. The molecule has 2 heterocycles. The molecule has 0 saturated heterocycles. The Morgan fingerprint density at radius 2 is 1.91 bits per heavy atom. The number of benzene rings is 2. The van der Waals surface area contributed by atoms with Crippen molar-refractivity contribution in [2.45, 2.75) is 38.1 Å². The first-order valence-corrected chi connectivity index (χ1v) is 11.5. The van der Waals surface area contributed by atoms with Crippen molar-refractivity contribution in [2.75, 3.05) is 11.2 Å². The second-order valence-electron chi connectivity index (χ2n) is 6.96. The summed E-state index contributed by atoms with van der Waals surface area (Å²) in [7, 11) is 0. The van der Waals surface area contributed by atoms with Gasteiger partial charge in [0.25, 0.3) is 0 Å². The van der Waals surface area contributed by atoms with Crippen molar-refractivity contribution in [3.8, 4) is 22.9 Å². The number of anilines is 1. The molecule has 2 aromatic carbocycles. The number of fused-ring (bicyclic) bond motifs is 3. The van der Waals surface area contributed by atoms with Crippen molar-refractivity contribution < 1.29 is 19.1 Å². The fraction of sp³-hybridized carbons (Fsp3) is 0.261. The zero-order valence-corrected chi connectivity index (χ0v) is 18.8. The Morgan fingerprint density at radius 3 is 2.66 bits per heavy atom. The summed E-state index contributed by atoms with van der Waals surface area (Å²) in [5.41, 5.74) is 2.45. The Balaban J connectivity index is 1.90. The first kappa shape index (κ1) is 21.8. The van der Waals surface area contributed by atoms with Crippen LogP contribution < -0.4 is 14.4 Å². The van der Waals surface area contributed by atoms with Gasteiger partial charge in [-0.3, -0.25) is 14.5 Å². The molecule has 0 radical (unpaired) electrons. The van der Waals surface area contributed by atoms with Crippen molar-refractivity contribution >= 4 is 29.3 Å². The molecule has 3 aromatic rings. The molecule has 4 rings (SSSR count). The predicted octanol–water partition coefficient (Wildman–Crippen LogP) is 4.41. The van der Waals surface area contributed by atoms with Gasteiger partial charge in [-0.05, 0) is 24.5 Å². The second kappa shape index (κ2) is 9.35. The maximum absolute atomic E-state index is 13.1. The molecule has 0 aliphatic carbocycles. The predicted molar refractivity (Wildman–Crippen MR) is 121 cm³/mol. The van der Waals surface area contributed by atoms with Crippen molar-refractivity contribution in [2.24, 2.45) is 0 Å². The van der Waals surface area contributed by atoms with Gasteiger partial charge in [-0.15, -0.1) is 10.2 Å². The maximum atomic E-state index is 13.1. The molecular formula is C23H22N4O4S. The lowest BCUT2D eigenvalue weighted by molar-refractivity contribution is -0.134. The topological polar surface area (TPSA) is 94.5 Å². The van der Waals surface area contributed by atoms with Gasteiger partial charge in [0.2, 0.25) is 23.2 Å². The van der Waals surface area contributed by atoms with Crippen LogP contribution in [0.3, 0.4) is 0 Å². The van der Waals surface area contributed by atoms with E-state index < -0.39 is 6.23 Å². The number of ether oxygens (including phenoxy) is 2. The van der Waals surface area contributed by atoms with E-state index in [0.717, 1.165) is 0 Å². The third-order valence-electron chi connectivity index (χ3n) is 4.93. The summed E-state index contributed by atoms with van der Waals surface area (Å²) in [6.07, 6.45) is 1.54. The van der Waals surface area contributed by atoms with Crippen molar-refractivity contribution in [3.05, 3.63) is 54.1 Å². The number of esters is 1. The maximum Gasteiger partial charge on any atom is 0.310 e. The lowest BCUT2D eigenvalue weighted by Crippen LogP contribution is -2.37. The van der Waals surface area contributed by atoms with Gasteiger partial charge < -0.3 is 9.47 Å². The molecule has 1 atom stereocenters. The fourth-order valence-electron chi connectivity index (χ4n) is 3.39. The minimum atomic E-state index is -0.837. The van der Waals surface area contributed by atoms with E-state index in [-0.39, 0.29) is 30.6 Å².